The Morgan fingerprint density at radius 3 is 3.06 bits per heavy atom. The van der Waals surface area contributed by atoms with E-state index in [4.69, 9.17) is 24.7 Å². The van der Waals surface area contributed by atoms with Crippen LogP contribution in [0.15, 0.2) is 72.4 Å². The molecule has 4 heterocycles. The lowest BCUT2D eigenvalue weighted by molar-refractivity contribution is 0.118. The summed E-state index contributed by atoms with van der Waals surface area (Å²) in [6.07, 6.45) is 12.4. The molecule has 0 radical (unpaired) electrons. The number of ether oxygens (including phenoxy) is 4. The van der Waals surface area contributed by atoms with Crippen LogP contribution in [0.1, 0.15) is 18.4 Å². The van der Waals surface area contributed by atoms with E-state index in [9.17, 15) is 4.79 Å². The lowest BCUT2D eigenvalue weighted by atomic mass is 10.0. The third-order valence-electron chi connectivity index (χ3n) is 6.14. The van der Waals surface area contributed by atoms with E-state index in [1.54, 1.807) is 25.6 Å². The van der Waals surface area contributed by atoms with Crippen molar-refractivity contribution in [3.8, 4) is 5.88 Å². The first-order chi connectivity index (χ1) is 17.6. The van der Waals surface area contributed by atoms with Gasteiger partial charge in [-0.05, 0) is 42.5 Å². The van der Waals surface area contributed by atoms with E-state index in [2.05, 4.69) is 21.4 Å². The van der Waals surface area contributed by atoms with Gasteiger partial charge in [-0.15, -0.1) is 0 Å². The van der Waals surface area contributed by atoms with Gasteiger partial charge in [0.2, 0.25) is 11.8 Å². The number of carbonyl (C=O) groups excluding carboxylic acids is 1. The molecule has 0 unspecified atom stereocenters. The van der Waals surface area contributed by atoms with Gasteiger partial charge in [0.1, 0.15) is 12.4 Å². The molecular formula is C26H29N5O5. The second-order valence-corrected chi connectivity index (χ2v) is 8.77. The number of methoxy groups -OCH3 is 1. The summed E-state index contributed by atoms with van der Waals surface area (Å²) in [7, 11) is 1.59. The second kappa shape index (κ2) is 10.8. The van der Waals surface area contributed by atoms with Crippen molar-refractivity contribution < 1.29 is 23.7 Å². The summed E-state index contributed by atoms with van der Waals surface area (Å²) in [4.78, 5) is 22.8. The number of rotatable bonds is 9. The predicted octanol–water partition coefficient (Wildman–Crippen LogP) is 2.88. The van der Waals surface area contributed by atoms with E-state index < -0.39 is 6.09 Å². The summed E-state index contributed by atoms with van der Waals surface area (Å²) >= 11 is 0. The van der Waals surface area contributed by atoms with E-state index in [0.717, 1.165) is 35.0 Å². The van der Waals surface area contributed by atoms with Crippen LogP contribution in [0.25, 0.3) is 11.0 Å². The number of hydrogen-bond donors (Lipinski definition) is 2. The number of fused-ring (bicyclic) bond motifs is 1. The fourth-order valence-electron chi connectivity index (χ4n) is 4.31. The maximum Gasteiger partial charge on any atom is 0.417 e. The van der Waals surface area contributed by atoms with Gasteiger partial charge in [-0.2, -0.15) is 0 Å². The maximum absolute atomic E-state index is 12.5. The van der Waals surface area contributed by atoms with Crippen LogP contribution in [-0.2, 0) is 20.6 Å². The topological polar surface area (TPSA) is 121 Å². The Balaban J connectivity index is 1.12. The first kappa shape index (κ1) is 23.8. The minimum atomic E-state index is -0.469. The molecule has 2 aromatic rings. The molecule has 10 heteroatoms. The average Bonchev–Trinajstić information content (AvgIpc) is 3.29. The molecule has 1 saturated heterocycles. The molecule has 1 aliphatic carbocycles. The summed E-state index contributed by atoms with van der Waals surface area (Å²) in [6.45, 7) is 1.35. The molecule has 36 heavy (non-hydrogen) atoms. The number of pyridine rings is 2. The van der Waals surface area contributed by atoms with E-state index in [1.165, 1.54) is 11.2 Å². The highest BCUT2D eigenvalue weighted by atomic mass is 16.6. The highest BCUT2D eigenvalue weighted by Crippen LogP contribution is 2.29. The van der Waals surface area contributed by atoms with E-state index in [-0.39, 0.29) is 12.1 Å². The molecule has 0 spiro atoms. The van der Waals surface area contributed by atoms with Crippen LogP contribution in [0.3, 0.4) is 0 Å². The minimum Gasteiger partial charge on any atom is -0.481 e. The molecular weight excluding hydrogens is 462 g/mol. The van der Waals surface area contributed by atoms with E-state index in [1.807, 2.05) is 24.3 Å². The summed E-state index contributed by atoms with van der Waals surface area (Å²) in [6, 6.07) is 5.43. The summed E-state index contributed by atoms with van der Waals surface area (Å²) < 4.78 is 22.2. The van der Waals surface area contributed by atoms with Gasteiger partial charge in [0.25, 0.3) is 0 Å². The van der Waals surface area contributed by atoms with Gasteiger partial charge in [-0.1, -0.05) is 18.2 Å². The normalized spacial score (nSPS) is 20.2. The van der Waals surface area contributed by atoms with Gasteiger partial charge in [0.15, 0.2) is 12.0 Å². The Morgan fingerprint density at radius 2 is 2.22 bits per heavy atom. The molecule has 1 amide bonds. The van der Waals surface area contributed by atoms with E-state index in [0.29, 0.717) is 43.6 Å². The van der Waals surface area contributed by atoms with Crippen molar-refractivity contribution in [3.05, 3.63) is 77.9 Å². The number of nitrogens with one attached hydrogen (secondary N) is 1. The number of allylic oxidation sites excluding steroid dienone is 4. The van der Waals surface area contributed by atoms with Gasteiger partial charge in [-0.25, -0.2) is 14.7 Å². The highest BCUT2D eigenvalue weighted by molar-refractivity contribution is 5.78. The summed E-state index contributed by atoms with van der Waals surface area (Å²) in [5, 5.41) is 3.31. The zero-order valence-corrected chi connectivity index (χ0v) is 20.1. The van der Waals surface area contributed by atoms with Gasteiger partial charge >= 0.3 is 6.09 Å². The zero-order chi connectivity index (χ0) is 24.9. The lowest BCUT2D eigenvalue weighted by Gasteiger charge is -2.23. The average molecular weight is 492 g/mol. The fraction of sp³-hybridized carbons (Fsp3) is 0.346. The standard InChI is InChI=1S/C26H29N5O5/c1-33-23-8-7-21-25(30-23)18(9-10-29-21)11-19(27)12-28-13-20-14-31(26(32)35-20)24-16-34-15-22(36-24)17-5-3-2-4-6-17/h2-3,5,7-10,15-16,19-20,28H,4,6,11-14,27H2,1H3/t19-,20+/m0/s1. The monoisotopic (exact) mass is 491 g/mol. The van der Waals surface area contributed by atoms with Crippen LogP contribution in [-0.4, -0.2) is 59.9 Å². The number of cyclic esters (lactones) is 1. The molecule has 2 atom stereocenters. The third-order valence-corrected chi connectivity index (χ3v) is 6.14. The van der Waals surface area contributed by atoms with Crippen LogP contribution in [0, 0.1) is 0 Å². The Morgan fingerprint density at radius 1 is 1.31 bits per heavy atom. The molecule has 10 nitrogen and oxygen atoms in total. The van der Waals surface area contributed by atoms with Crippen LogP contribution in [0.2, 0.25) is 0 Å². The van der Waals surface area contributed by atoms with E-state index >= 15 is 0 Å². The van der Waals surface area contributed by atoms with Crippen molar-refractivity contribution in [1.82, 2.24) is 20.2 Å². The second-order valence-electron chi connectivity index (χ2n) is 8.77. The van der Waals surface area contributed by atoms with Crippen LogP contribution < -0.4 is 15.8 Å². The molecule has 2 aromatic heterocycles. The van der Waals surface area contributed by atoms with Gasteiger partial charge in [0, 0.05) is 31.4 Å². The third kappa shape index (κ3) is 5.34. The minimum absolute atomic E-state index is 0.167. The molecule has 0 saturated carbocycles. The van der Waals surface area contributed by atoms with Crippen molar-refractivity contribution in [2.75, 3.05) is 26.7 Å². The summed E-state index contributed by atoms with van der Waals surface area (Å²) in [5.41, 5.74) is 9.99. The first-order valence-electron chi connectivity index (χ1n) is 11.9. The van der Waals surface area contributed by atoms with Crippen molar-refractivity contribution in [2.24, 2.45) is 5.73 Å². The smallest absolute Gasteiger partial charge is 0.417 e. The largest absolute Gasteiger partial charge is 0.481 e. The zero-order valence-electron chi connectivity index (χ0n) is 20.1. The highest BCUT2D eigenvalue weighted by Gasteiger charge is 2.36. The van der Waals surface area contributed by atoms with Crippen molar-refractivity contribution in [2.45, 2.75) is 31.4 Å². The van der Waals surface area contributed by atoms with Gasteiger partial charge < -0.3 is 30.0 Å². The van der Waals surface area contributed by atoms with Crippen molar-refractivity contribution in [3.63, 3.8) is 0 Å². The number of aromatic nitrogens is 2. The first-order valence-corrected chi connectivity index (χ1v) is 11.9. The van der Waals surface area contributed by atoms with Crippen LogP contribution in [0.4, 0.5) is 4.79 Å². The number of nitrogens with two attached hydrogens (primary N) is 1. The number of nitrogens with zero attached hydrogens (tertiary/aromatic N) is 3. The molecule has 0 bridgehead atoms. The molecule has 1 fully saturated rings. The molecule has 5 rings (SSSR count). The maximum atomic E-state index is 12.5. The number of hydrogen-bond acceptors (Lipinski definition) is 9. The van der Waals surface area contributed by atoms with Crippen LogP contribution in [0.5, 0.6) is 5.88 Å². The quantitative estimate of drug-likeness (QED) is 0.545. The molecule has 0 aromatic carbocycles. The predicted molar refractivity (Wildman–Crippen MR) is 132 cm³/mol. The van der Waals surface area contributed by atoms with Crippen LogP contribution >= 0.6 is 0 Å². The molecule has 2 aliphatic heterocycles. The Hall–Kier alpha value is -3.89. The van der Waals surface area contributed by atoms with Crippen molar-refractivity contribution >= 4 is 17.1 Å². The SMILES string of the molecule is COc1ccc2nccc(C[C@H](N)CNC[C@@H]3CN(C4=COC=C(C5=CC=CCC5)O4)C(=O)O3)c2n1. The van der Waals surface area contributed by atoms with Crippen molar-refractivity contribution in [1.29, 1.82) is 0 Å². The Bertz CT molecular complexity index is 1250. The van der Waals surface area contributed by atoms with Gasteiger partial charge in [0.05, 0.1) is 24.7 Å². The number of carbonyl (C=O) groups is 1. The fourth-order valence-corrected chi connectivity index (χ4v) is 4.31. The van der Waals surface area contributed by atoms with Gasteiger partial charge in [-0.3, -0.25) is 4.98 Å². The lowest BCUT2D eigenvalue weighted by Crippen LogP contribution is -2.40. The molecule has 188 valence electrons. The molecule has 3 N–H and O–H groups in total. The Kier molecular flexibility index (Phi) is 7.15. The number of amides is 1. The molecule has 3 aliphatic rings. The Labute approximate surface area is 209 Å². The summed E-state index contributed by atoms with van der Waals surface area (Å²) in [5.74, 6) is 1.46.